The average molecular weight is 369 g/mol. The first-order chi connectivity index (χ1) is 11.1. The van der Waals surface area contributed by atoms with Crippen molar-refractivity contribution in [2.24, 2.45) is 5.92 Å². The van der Waals surface area contributed by atoms with E-state index < -0.39 is 33.2 Å². The maximum atomic E-state index is 12.7. The molecule has 2 heterocycles. The molecule has 0 aromatic carbocycles. The molecule has 0 radical (unpaired) electrons. The van der Waals surface area contributed by atoms with Gasteiger partial charge >= 0.3 is 5.97 Å². The van der Waals surface area contributed by atoms with Crippen molar-refractivity contribution in [3.05, 3.63) is 28.7 Å². The lowest BCUT2D eigenvalue weighted by atomic mass is 9.71. The molecule has 0 bridgehead atoms. The molecule has 1 aromatic rings. The van der Waals surface area contributed by atoms with Gasteiger partial charge in [-0.3, -0.25) is 0 Å². The van der Waals surface area contributed by atoms with Gasteiger partial charge in [0.15, 0.2) is 0 Å². The summed E-state index contributed by atoms with van der Waals surface area (Å²) in [7, 11) is -3.69. The van der Waals surface area contributed by atoms with Crippen molar-refractivity contribution in [1.29, 1.82) is 0 Å². The van der Waals surface area contributed by atoms with E-state index in [1.165, 1.54) is 11.3 Å². The third-order valence-electron chi connectivity index (χ3n) is 5.27. The van der Waals surface area contributed by atoms with Crippen LogP contribution in [-0.4, -0.2) is 36.7 Å². The highest BCUT2D eigenvalue weighted by molar-refractivity contribution is 7.91. The van der Waals surface area contributed by atoms with Gasteiger partial charge < -0.3 is 9.84 Å². The zero-order chi connectivity index (χ0) is 17.3. The maximum absolute atomic E-state index is 12.7. The van der Waals surface area contributed by atoms with Crippen LogP contribution in [0.4, 0.5) is 0 Å². The van der Waals surface area contributed by atoms with Gasteiger partial charge in [0.2, 0.25) is 0 Å². The molecule has 1 saturated carbocycles. The molecule has 1 aromatic heterocycles. The summed E-state index contributed by atoms with van der Waals surface area (Å²) in [4.78, 5) is 13.0. The van der Waals surface area contributed by atoms with E-state index in [0.717, 1.165) is 4.88 Å². The second-order valence-electron chi connectivity index (χ2n) is 7.14. The van der Waals surface area contributed by atoms with E-state index in [2.05, 4.69) is 4.72 Å². The fourth-order valence-electron chi connectivity index (χ4n) is 4.26. The maximum Gasteiger partial charge on any atom is 0.337 e. The van der Waals surface area contributed by atoms with E-state index in [9.17, 15) is 18.3 Å². The summed E-state index contributed by atoms with van der Waals surface area (Å²) in [6.45, 7) is 3.60. The van der Waals surface area contributed by atoms with Crippen LogP contribution in [0.1, 0.15) is 31.1 Å². The van der Waals surface area contributed by atoms with Gasteiger partial charge in [-0.05, 0) is 51.2 Å². The van der Waals surface area contributed by atoms with Gasteiger partial charge in [-0.25, -0.2) is 17.9 Å². The van der Waals surface area contributed by atoms with Crippen molar-refractivity contribution in [3.63, 3.8) is 0 Å². The molecule has 1 unspecified atom stereocenters. The van der Waals surface area contributed by atoms with Crippen molar-refractivity contribution >= 4 is 27.3 Å². The van der Waals surface area contributed by atoms with E-state index in [4.69, 9.17) is 4.74 Å². The van der Waals surface area contributed by atoms with Gasteiger partial charge in [0.25, 0.3) is 10.0 Å². The lowest BCUT2D eigenvalue weighted by Gasteiger charge is -2.40. The quantitative estimate of drug-likeness (QED) is 0.788. The number of nitrogens with one attached hydrogen (secondary N) is 1. The molecule has 24 heavy (non-hydrogen) atoms. The Morgan fingerprint density at radius 1 is 1.38 bits per heavy atom. The molecular formula is C16H19NO5S2. The number of hydrogen-bond acceptors (Lipinski definition) is 6. The van der Waals surface area contributed by atoms with Gasteiger partial charge in [0.05, 0.1) is 5.57 Å². The van der Waals surface area contributed by atoms with Crippen LogP contribution < -0.4 is 4.72 Å². The third-order valence-corrected chi connectivity index (χ3v) is 8.38. The van der Waals surface area contributed by atoms with Gasteiger partial charge in [0, 0.05) is 10.4 Å². The second kappa shape index (κ2) is 4.91. The summed E-state index contributed by atoms with van der Waals surface area (Å²) in [6, 6.07) is 3.34. The normalized spacial score (nSPS) is 38.0. The molecule has 4 rings (SSSR count). The van der Waals surface area contributed by atoms with Crippen LogP contribution in [0.2, 0.25) is 0 Å². The van der Waals surface area contributed by atoms with Crippen molar-refractivity contribution < 1.29 is 23.1 Å². The number of aryl methyl sites for hydroxylation is 1. The Morgan fingerprint density at radius 2 is 2.12 bits per heavy atom. The Morgan fingerprint density at radius 3 is 2.79 bits per heavy atom. The number of ether oxygens (including phenoxy) is 1. The molecule has 1 saturated heterocycles. The van der Waals surface area contributed by atoms with Gasteiger partial charge in [-0.1, -0.05) is 6.08 Å². The lowest BCUT2D eigenvalue weighted by Crippen LogP contribution is -2.54. The number of hydrogen-bond donors (Lipinski definition) is 2. The highest BCUT2D eigenvalue weighted by Gasteiger charge is 2.64. The van der Waals surface area contributed by atoms with Crippen LogP contribution in [0.15, 0.2) is 28.0 Å². The Kier molecular flexibility index (Phi) is 3.32. The Bertz CT molecular complexity index is 858. The summed E-state index contributed by atoms with van der Waals surface area (Å²) in [5.74, 6) is -0.726. The minimum atomic E-state index is -3.69. The van der Waals surface area contributed by atoms with Crippen molar-refractivity contribution in [3.8, 4) is 0 Å². The molecule has 1 aliphatic heterocycles. The minimum Gasteiger partial charge on any atom is -0.455 e. The van der Waals surface area contributed by atoms with E-state index in [-0.39, 0.29) is 15.7 Å². The highest BCUT2D eigenvalue weighted by Crippen LogP contribution is 2.54. The van der Waals surface area contributed by atoms with Crippen LogP contribution in [0.3, 0.4) is 0 Å². The predicted molar refractivity (Wildman–Crippen MR) is 88.0 cm³/mol. The van der Waals surface area contributed by atoms with E-state index in [1.807, 2.05) is 6.92 Å². The first-order valence-electron chi connectivity index (χ1n) is 7.91. The first kappa shape index (κ1) is 16.3. The molecule has 3 aliphatic rings. The molecule has 2 aliphatic carbocycles. The summed E-state index contributed by atoms with van der Waals surface area (Å²) < 4.78 is 33.6. The Hall–Kier alpha value is -1.22. The molecular weight excluding hydrogens is 350 g/mol. The predicted octanol–water partition coefficient (Wildman–Crippen LogP) is 1.49. The monoisotopic (exact) mass is 369 g/mol. The van der Waals surface area contributed by atoms with Gasteiger partial charge in [-0.2, -0.15) is 0 Å². The van der Waals surface area contributed by atoms with E-state index >= 15 is 0 Å². The number of carbonyl (C=O) groups is 1. The summed E-state index contributed by atoms with van der Waals surface area (Å²) >= 11 is 1.20. The third kappa shape index (κ3) is 2.20. The fraction of sp³-hybridized carbons (Fsp3) is 0.562. The van der Waals surface area contributed by atoms with Crippen LogP contribution in [0.5, 0.6) is 0 Å². The van der Waals surface area contributed by atoms with E-state index in [1.54, 1.807) is 25.1 Å². The van der Waals surface area contributed by atoms with Gasteiger partial charge in [0.1, 0.15) is 15.9 Å². The number of esters is 1. The smallest absolute Gasteiger partial charge is 0.337 e. The zero-order valence-corrected chi connectivity index (χ0v) is 15.0. The topological polar surface area (TPSA) is 92.7 Å². The molecule has 6 nitrogen and oxygen atoms in total. The average Bonchev–Trinajstić information content (AvgIpc) is 3.10. The fourth-order valence-corrected chi connectivity index (χ4v) is 6.91. The molecule has 0 spiro atoms. The molecule has 4 atom stereocenters. The SMILES string of the molecule is Cc1ccc(S(=O)(=O)N[C@@]2(C)C=C3C(=O)O[C@@H]4CCC(C2)[C@]34O)s1. The molecule has 2 fully saturated rings. The van der Waals surface area contributed by atoms with Crippen molar-refractivity contribution in [2.75, 3.05) is 0 Å². The van der Waals surface area contributed by atoms with Crippen LogP contribution in [0.25, 0.3) is 0 Å². The minimum absolute atomic E-state index is 0.188. The number of rotatable bonds is 3. The first-order valence-corrected chi connectivity index (χ1v) is 10.2. The van der Waals surface area contributed by atoms with Crippen LogP contribution in [-0.2, 0) is 19.6 Å². The Balaban J connectivity index is 1.71. The lowest BCUT2D eigenvalue weighted by molar-refractivity contribution is -0.140. The summed E-state index contributed by atoms with van der Waals surface area (Å²) in [5.41, 5.74) is -1.99. The number of aliphatic hydroxyl groups is 1. The number of sulfonamides is 1. The number of thiophene rings is 1. The number of carbonyl (C=O) groups excluding carboxylic acids is 1. The Labute approximate surface area is 144 Å². The van der Waals surface area contributed by atoms with Crippen LogP contribution in [0, 0.1) is 12.8 Å². The summed E-state index contributed by atoms with van der Waals surface area (Å²) in [6.07, 6.45) is 2.81. The van der Waals surface area contributed by atoms with Gasteiger partial charge in [-0.15, -0.1) is 11.3 Å². The standard InChI is InChI=1S/C16H19NO5S2/c1-9-3-6-13(23-9)24(20,21)17-15(2)7-10-4-5-12-16(10,19)11(8-15)14(18)22-12/h3,6,8,10,12,17,19H,4-5,7H2,1-2H3/t10?,12-,15-,16+/m1/s1. The van der Waals surface area contributed by atoms with E-state index in [0.29, 0.717) is 19.3 Å². The largest absolute Gasteiger partial charge is 0.455 e. The van der Waals surface area contributed by atoms with Crippen molar-refractivity contribution in [2.45, 2.75) is 54.6 Å². The summed E-state index contributed by atoms with van der Waals surface area (Å²) in [5, 5.41) is 10.9. The van der Waals surface area contributed by atoms with Crippen molar-refractivity contribution in [1.82, 2.24) is 4.72 Å². The highest BCUT2D eigenvalue weighted by atomic mass is 32.2. The zero-order valence-electron chi connectivity index (χ0n) is 13.4. The molecule has 2 N–H and O–H groups in total. The molecule has 130 valence electrons. The molecule has 0 amide bonds. The van der Waals surface area contributed by atoms with Crippen LogP contribution >= 0.6 is 11.3 Å². The molecule has 8 heteroatoms. The second-order valence-corrected chi connectivity index (χ2v) is 10.3.